The van der Waals surface area contributed by atoms with Crippen LogP contribution in [0.2, 0.25) is 0 Å². The first-order valence-electron chi connectivity index (χ1n) is 5.03. The normalized spacial score (nSPS) is 14.4. The lowest BCUT2D eigenvalue weighted by Gasteiger charge is -2.04. The SMILES string of the molecule is C=CC(C)CCC(C)=CC=CC(C)=O. The monoisotopic (exact) mass is 192 g/mol. The molecule has 0 aliphatic rings. The van der Waals surface area contributed by atoms with Crippen molar-refractivity contribution in [3.8, 4) is 0 Å². The first-order chi connectivity index (χ1) is 6.56. The third-order valence-electron chi connectivity index (χ3n) is 2.11. The van der Waals surface area contributed by atoms with Gasteiger partial charge in [0.2, 0.25) is 0 Å². The zero-order valence-corrected chi connectivity index (χ0v) is 9.42. The van der Waals surface area contributed by atoms with Crippen LogP contribution in [-0.4, -0.2) is 5.78 Å². The fourth-order valence-corrected chi connectivity index (χ4v) is 1.00. The quantitative estimate of drug-likeness (QED) is 0.356. The first kappa shape index (κ1) is 12.9. The summed E-state index contributed by atoms with van der Waals surface area (Å²) in [5.41, 5.74) is 1.30. The molecule has 0 amide bonds. The van der Waals surface area contributed by atoms with E-state index in [4.69, 9.17) is 0 Å². The second-order valence-electron chi connectivity index (χ2n) is 3.73. The Kier molecular flexibility index (Phi) is 6.73. The van der Waals surface area contributed by atoms with Crippen molar-refractivity contribution in [2.24, 2.45) is 5.92 Å². The molecule has 0 aromatic rings. The van der Waals surface area contributed by atoms with E-state index in [0.717, 1.165) is 12.8 Å². The van der Waals surface area contributed by atoms with E-state index in [1.165, 1.54) is 5.57 Å². The minimum Gasteiger partial charge on any atom is -0.295 e. The fourth-order valence-electron chi connectivity index (χ4n) is 1.00. The lowest BCUT2D eigenvalue weighted by molar-refractivity contribution is -0.112. The van der Waals surface area contributed by atoms with Crippen LogP contribution < -0.4 is 0 Å². The van der Waals surface area contributed by atoms with Gasteiger partial charge >= 0.3 is 0 Å². The van der Waals surface area contributed by atoms with E-state index in [-0.39, 0.29) is 5.78 Å². The van der Waals surface area contributed by atoms with Gasteiger partial charge in [-0.2, -0.15) is 0 Å². The van der Waals surface area contributed by atoms with Crippen LogP contribution in [-0.2, 0) is 4.79 Å². The van der Waals surface area contributed by atoms with E-state index in [1.807, 2.05) is 18.2 Å². The molecule has 0 bridgehead atoms. The Balaban J connectivity index is 3.89. The Morgan fingerprint density at radius 3 is 2.57 bits per heavy atom. The molecule has 0 rings (SSSR count). The minimum absolute atomic E-state index is 0.0912. The summed E-state index contributed by atoms with van der Waals surface area (Å²) < 4.78 is 0. The summed E-state index contributed by atoms with van der Waals surface area (Å²) in [6, 6.07) is 0. The van der Waals surface area contributed by atoms with Gasteiger partial charge in [0.15, 0.2) is 5.78 Å². The molecule has 0 heterocycles. The van der Waals surface area contributed by atoms with Gasteiger partial charge in [0.05, 0.1) is 0 Å². The van der Waals surface area contributed by atoms with Crippen molar-refractivity contribution < 1.29 is 4.79 Å². The molecule has 1 nitrogen and oxygen atoms in total. The third-order valence-corrected chi connectivity index (χ3v) is 2.11. The van der Waals surface area contributed by atoms with Crippen molar-refractivity contribution in [2.75, 3.05) is 0 Å². The Labute approximate surface area is 87.2 Å². The van der Waals surface area contributed by atoms with Crippen LogP contribution in [0.25, 0.3) is 0 Å². The van der Waals surface area contributed by atoms with Crippen LogP contribution in [0.15, 0.2) is 36.5 Å². The molecule has 1 unspecified atom stereocenters. The van der Waals surface area contributed by atoms with Crippen LogP contribution in [0.3, 0.4) is 0 Å². The van der Waals surface area contributed by atoms with E-state index < -0.39 is 0 Å². The van der Waals surface area contributed by atoms with Gasteiger partial charge in [-0.05, 0) is 38.7 Å². The second-order valence-corrected chi connectivity index (χ2v) is 3.73. The summed E-state index contributed by atoms with van der Waals surface area (Å²) in [7, 11) is 0. The predicted molar refractivity (Wildman–Crippen MR) is 62.2 cm³/mol. The molecular weight excluding hydrogens is 172 g/mol. The molecule has 0 saturated heterocycles. The standard InChI is InChI=1S/C13H20O/c1-5-11(2)9-10-12(3)7-6-8-13(4)14/h5-8,11H,1,9-10H2,2-4H3. The van der Waals surface area contributed by atoms with Gasteiger partial charge in [0.25, 0.3) is 0 Å². The Hall–Kier alpha value is -1.11. The minimum atomic E-state index is 0.0912. The molecule has 0 N–H and O–H groups in total. The van der Waals surface area contributed by atoms with Gasteiger partial charge in [0.1, 0.15) is 0 Å². The molecular formula is C13H20O. The molecule has 0 radical (unpaired) electrons. The van der Waals surface area contributed by atoms with Crippen molar-refractivity contribution in [3.63, 3.8) is 0 Å². The number of carbonyl (C=O) groups excluding carboxylic acids is 1. The van der Waals surface area contributed by atoms with E-state index in [2.05, 4.69) is 20.4 Å². The average molecular weight is 192 g/mol. The molecule has 1 heteroatoms. The van der Waals surface area contributed by atoms with Crippen LogP contribution in [0, 0.1) is 5.92 Å². The number of carbonyl (C=O) groups is 1. The number of allylic oxidation sites excluding steroid dienone is 5. The highest BCUT2D eigenvalue weighted by molar-refractivity contribution is 5.87. The van der Waals surface area contributed by atoms with Crippen molar-refractivity contribution in [1.29, 1.82) is 0 Å². The molecule has 1 atom stereocenters. The van der Waals surface area contributed by atoms with Crippen LogP contribution in [0.4, 0.5) is 0 Å². The van der Waals surface area contributed by atoms with E-state index in [0.29, 0.717) is 5.92 Å². The van der Waals surface area contributed by atoms with Crippen molar-refractivity contribution in [2.45, 2.75) is 33.6 Å². The largest absolute Gasteiger partial charge is 0.295 e. The van der Waals surface area contributed by atoms with Gasteiger partial charge in [-0.25, -0.2) is 0 Å². The van der Waals surface area contributed by atoms with Gasteiger partial charge < -0.3 is 0 Å². The highest BCUT2D eigenvalue weighted by atomic mass is 16.1. The van der Waals surface area contributed by atoms with Crippen LogP contribution >= 0.6 is 0 Å². The fraction of sp³-hybridized carbons (Fsp3) is 0.462. The Morgan fingerprint density at radius 2 is 2.07 bits per heavy atom. The maximum Gasteiger partial charge on any atom is 0.152 e. The third kappa shape index (κ3) is 7.53. The maximum atomic E-state index is 10.6. The zero-order chi connectivity index (χ0) is 11.0. The zero-order valence-electron chi connectivity index (χ0n) is 9.42. The highest BCUT2D eigenvalue weighted by Crippen LogP contribution is 2.11. The summed E-state index contributed by atoms with van der Waals surface area (Å²) in [5.74, 6) is 0.656. The number of hydrogen-bond donors (Lipinski definition) is 0. The smallest absolute Gasteiger partial charge is 0.152 e. The molecule has 0 aromatic heterocycles. The number of rotatable bonds is 6. The van der Waals surface area contributed by atoms with Gasteiger partial charge in [-0.15, -0.1) is 6.58 Å². The van der Waals surface area contributed by atoms with Crippen molar-refractivity contribution >= 4 is 5.78 Å². The molecule has 78 valence electrons. The Morgan fingerprint density at radius 1 is 1.43 bits per heavy atom. The summed E-state index contributed by atoms with van der Waals surface area (Å²) in [5, 5.41) is 0. The van der Waals surface area contributed by atoms with E-state index in [9.17, 15) is 4.79 Å². The summed E-state index contributed by atoms with van der Waals surface area (Å²) in [4.78, 5) is 10.6. The topological polar surface area (TPSA) is 17.1 Å². The second kappa shape index (κ2) is 7.31. The van der Waals surface area contributed by atoms with Gasteiger partial charge in [-0.1, -0.05) is 30.7 Å². The summed E-state index contributed by atoms with van der Waals surface area (Å²) in [6.45, 7) is 9.54. The van der Waals surface area contributed by atoms with Gasteiger partial charge in [-0.3, -0.25) is 4.79 Å². The molecule has 0 fully saturated rings. The molecule has 0 aliphatic heterocycles. The lowest BCUT2D eigenvalue weighted by atomic mass is 10.0. The lowest BCUT2D eigenvalue weighted by Crippen LogP contribution is -1.89. The molecule has 0 spiro atoms. The van der Waals surface area contributed by atoms with Crippen molar-refractivity contribution in [1.82, 2.24) is 0 Å². The molecule has 0 saturated carbocycles. The highest BCUT2D eigenvalue weighted by Gasteiger charge is 1.95. The van der Waals surface area contributed by atoms with E-state index in [1.54, 1.807) is 13.0 Å². The van der Waals surface area contributed by atoms with Gasteiger partial charge in [0, 0.05) is 0 Å². The van der Waals surface area contributed by atoms with Crippen LogP contribution in [0.5, 0.6) is 0 Å². The van der Waals surface area contributed by atoms with Crippen LogP contribution in [0.1, 0.15) is 33.6 Å². The van der Waals surface area contributed by atoms with Crippen molar-refractivity contribution in [3.05, 3.63) is 36.5 Å². The maximum absolute atomic E-state index is 10.6. The number of hydrogen-bond acceptors (Lipinski definition) is 1. The first-order valence-corrected chi connectivity index (χ1v) is 5.03. The predicted octanol–water partition coefficient (Wildman–Crippen LogP) is 3.68. The number of ketones is 1. The summed E-state index contributed by atoms with van der Waals surface area (Å²) in [6.07, 6.45) is 9.56. The molecule has 0 aromatic carbocycles. The molecule has 0 aliphatic carbocycles. The summed E-state index contributed by atoms with van der Waals surface area (Å²) >= 11 is 0. The Bertz CT molecular complexity index is 246. The van der Waals surface area contributed by atoms with E-state index >= 15 is 0 Å². The molecule has 14 heavy (non-hydrogen) atoms. The average Bonchev–Trinajstić information content (AvgIpc) is 2.13.